The van der Waals surface area contributed by atoms with Crippen molar-refractivity contribution >= 4 is 124 Å². The van der Waals surface area contributed by atoms with Crippen LogP contribution in [0.2, 0.25) is 15.1 Å². The van der Waals surface area contributed by atoms with E-state index >= 15 is 0 Å². The van der Waals surface area contributed by atoms with Crippen molar-refractivity contribution in [3.63, 3.8) is 0 Å². The summed E-state index contributed by atoms with van der Waals surface area (Å²) in [6, 6.07) is 55.1. The minimum atomic E-state index is -0.971. The number of carbonyl (C=O) groups excluding carboxylic acids is 2. The fraction of sp³-hybridized carbons (Fsp3) is 0.127. The van der Waals surface area contributed by atoms with Gasteiger partial charge in [-0.2, -0.15) is 0 Å². The molecule has 0 aliphatic rings. The Labute approximate surface area is 470 Å². The summed E-state index contributed by atoms with van der Waals surface area (Å²) in [6.45, 7) is 11.1. The van der Waals surface area contributed by atoms with Crippen LogP contribution in [0, 0.1) is 0 Å². The number of fused-ring (bicyclic) bond motifs is 2. The predicted molar refractivity (Wildman–Crippen MR) is 323 cm³/mol. The first kappa shape index (κ1) is 55.6. The van der Waals surface area contributed by atoms with Gasteiger partial charge in [0.1, 0.15) is 11.2 Å². The number of carboxylic acids is 1. The van der Waals surface area contributed by atoms with Crippen LogP contribution in [-0.2, 0) is 9.47 Å². The van der Waals surface area contributed by atoms with Crippen LogP contribution in [0.3, 0.4) is 0 Å². The molecule has 0 aliphatic carbocycles. The number of carbonyl (C=O) groups is 3. The topological polar surface area (TPSA) is 140 Å². The Kier molecular flexibility index (Phi) is 17.4. The van der Waals surface area contributed by atoms with Crippen molar-refractivity contribution in [2.75, 3.05) is 16.4 Å². The van der Waals surface area contributed by atoms with E-state index in [9.17, 15) is 19.5 Å². The van der Waals surface area contributed by atoms with Crippen molar-refractivity contribution in [1.29, 1.82) is 0 Å². The number of anilines is 5. The molecular weight excluding hydrogens is 1070 g/mol. The second-order valence-electron chi connectivity index (χ2n) is 19.8. The normalized spacial score (nSPS) is 11.2. The Morgan fingerprint density at radius 2 is 0.831 bits per heavy atom. The van der Waals surface area contributed by atoms with E-state index in [-0.39, 0.29) is 11.5 Å². The molecule has 0 amide bonds. The lowest BCUT2D eigenvalue weighted by molar-refractivity contribution is 0.00581. The molecule has 0 unspecified atom stereocenters. The number of esters is 2. The number of carboxylic acid groups (broad SMARTS) is 1. The molecule has 2 heterocycles. The molecule has 8 aromatic carbocycles. The van der Waals surface area contributed by atoms with Crippen LogP contribution in [-0.4, -0.2) is 34.2 Å². The Bertz CT molecular complexity index is 3780. The minimum absolute atomic E-state index is 0.223. The molecule has 10 rings (SSSR count). The van der Waals surface area contributed by atoms with Crippen LogP contribution in [0.5, 0.6) is 0 Å². The Morgan fingerprint density at radius 3 is 1.23 bits per heavy atom. The van der Waals surface area contributed by atoms with Gasteiger partial charge in [0.05, 0.1) is 28.1 Å². The zero-order valence-electron chi connectivity index (χ0n) is 42.9. The third-order valence-electron chi connectivity index (χ3n) is 11.5. The van der Waals surface area contributed by atoms with E-state index in [1.807, 2.05) is 174 Å². The van der Waals surface area contributed by atoms with Gasteiger partial charge in [-0.05, 0) is 218 Å². The average Bonchev–Trinajstić information content (AvgIpc) is 4.06. The number of nitrogens with two attached hydrogens (primary N) is 1. The second-order valence-corrected chi connectivity index (χ2v) is 23.0. The number of rotatable bonds is 10. The quantitative estimate of drug-likeness (QED) is 0.0778. The molecule has 0 radical (unpaired) electrons. The van der Waals surface area contributed by atoms with Crippen LogP contribution in [0.1, 0.15) is 72.6 Å². The zero-order chi connectivity index (χ0) is 55.0. The van der Waals surface area contributed by atoms with Gasteiger partial charge >= 0.3 is 17.9 Å². The number of thiophene rings is 2. The number of nitrogen functional groups attached to an aromatic ring is 1. The third-order valence-corrected chi connectivity index (χ3v) is 14.0. The van der Waals surface area contributed by atoms with Gasteiger partial charge in [0, 0.05) is 41.5 Å². The molecule has 0 aliphatic heterocycles. The van der Waals surface area contributed by atoms with Gasteiger partial charge < -0.3 is 30.9 Å². The molecule has 9 nitrogen and oxygen atoms in total. The first-order valence-electron chi connectivity index (χ1n) is 24.3. The van der Waals surface area contributed by atoms with E-state index in [1.54, 1.807) is 53.0 Å². The van der Waals surface area contributed by atoms with Crippen molar-refractivity contribution in [3.8, 4) is 33.4 Å². The van der Waals surface area contributed by atoms with E-state index in [1.165, 1.54) is 9.40 Å². The maximum Gasteiger partial charge on any atom is 0.340 e. The van der Waals surface area contributed by atoms with Crippen molar-refractivity contribution in [2.45, 2.75) is 52.7 Å². The van der Waals surface area contributed by atoms with Crippen LogP contribution in [0.25, 0.3) is 53.6 Å². The zero-order valence-corrected chi connectivity index (χ0v) is 46.8. The average molecular weight is 1120 g/mol. The molecule has 2 aromatic heterocycles. The van der Waals surface area contributed by atoms with Crippen LogP contribution >= 0.6 is 57.5 Å². The number of ether oxygens (including phenoxy) is 2. The smallest absolute Gasteiger partial charge is 0.340 e. The molecule has 10 aromatic rings. The first-order valence-corrected chi connectivity index (χ1v) is 27.2. The molecule has 14 heteroatoms. The first-order chi connectivity index (χ1) is 36.6. The number of halogens is 3. The third kappa shape index (κ3) is 15.1. The van der Waals surface area contributed by atoms with Crippen LogP contribution in [0.15, 0.2) is 187 Å². The Balaban J connectivity index is 0.000000155. The second kappa shape index (κ2) is 24.1. The van der Waals surface area contributed by atoms with E-state index < -0.39 is 23.1 Å². The maximum atomic E-state index is 12.9. The summed E-state index contributed by atoms with van der Waals surface area (Å²) in [7, 11) is 0. The SMILES string of the molecule is CC(C)(C)OC(=O)c1ccc(-c2cccc(Cl)c2)cc1N.CC(C)(C)OC(=O)c1ccc(-c2cccc(Cl)c2)cc1Nc1ccc2sccc2c1.O=C(O)c1ccc(-c2cccc(Cl)c2)cc1Nc1ccc2sccc2c1. The Morgan fingerprint density at radius 1 is 0.455 bits per heavy atom. The standard InChI is InChI=1S/C25H22ClNO2S.C21H14ClNO2S.C17H18ClNO2/c1-25(2,3)29-24(28)21-9-7-17(16-5-4-6-19(26)13-16)15-22(21)27-20-8-10-23-18(14-20)11-12-30-23;22-16-3-1-2-13(10-16)14-4-6-18(21(24)25)19(12-14)23-17-5-7-20-15(11-17)8-9-26-20;1-17(2,3)21-16(20)14-8-7-12(10-15(14)19)11-5-4-6-13(18)9-11/h4-15,27H,1-3H3;1-12,23H,(H,24,25);4-10H,19H2,1-3H3. The molecule has 0 bridgehead atoms. The summed E-state index contributed by atoms with van der Waals surface area (Å²) in [6.07, 6.45) is 0. The summed E-state index contributed by atoms with van der Waals surface area (Å²) in [5.41, 5.74) is 15.0. The summed E-state index contributed by atoms with van der Waals surface area (Å²) < 4.78 is 13.4. The number of hydrogen-bond donors (Lipinski definition) is 4. The maximum absolute atomic E-state index is 12.9. The monoisotopic (exact) mass is 1120 g/mol. The molecule has 390 valence electrons. The molecule has 0 atom stereocenters. The van der Waals surface area contributed by atoms with Crippen LogP contribution < -0.4 is 16.4 Å². The summed E-state index contributed by atoms with van der Waals surface area (Å²) in [5, 5.41) is 24.6. The highest BCUT2D eigenvalue weighted by atomic mass is 35.5. The summed E-state index contributed by atoms with van der Waals surface area (Å²) in [5.74, 6) is -1.75. The lowest BCUT2D eigenvalue weighted by Crippen LogP contribution is -2.24. The largest absolute Gasteiger partial charge is 0.478 e. The van der Waals surface area contributed by atoms with Crippen molar-refractivity contribution in [2.24, 2.45) is 0 Å². The number of aromatic carboxylic acids is 1. The van der Waals surface area contributed by atoms with Crippen molar-refractivity contribution in [1.82, 2.24) is 0 Å². The van der Waals surface area contributed by atoms with E-state index in [0.717, 1.165) is 55.5 Å². The van der Waals surface area contributed by atoms with Gasteiger partial charge in [0.2, 0.25) is 0 Å². The molecule has 0 spiro atoms. The van der Waals surface area contributed by atoms with E-state index in [4.69, 9.17) is 50.0 Å². The fourth-order valence-corrected chi connectivity index (χ4v) is 10.1. The van der Waals surface area contributed by atoms with Gasteiger partial charge in [-0.3, -0.25) is 0 Å². The minimum Gasteiger partial charge on any atom is -0.478 e. The highest BCUT2D eigenvalue weighted by Gasteiger charge is 2.23. The van der Waals surface area contributed by atoms with Gasteiger partial charge in [-0.15, -0.1) is 22.7 Å². The predicted octanol–water partition coefficient (Wildman–Crippen LogP) is 19.1. The summed E-state index contributed by atoms with van der Waals surface area (Å²) >= 11 is 21.6. The lowest BCUT2D eigenvalue weighted by Gasteiger charge is -2.21. The molecule has 5 N–H and O–H groups in total. The van der Waals surface area contributed by atoms with Gasteiger partial charge in [0.25, 0.3) is 0 Å². The van der Waals surface area contributed by atoms with E-state index in [0.29, 0.717) is 43.3 Å². The summed E-state index contributed by atoms with van der Waals surface area (Å²) in [4.78, 5) is 36.5. The number of nitrogens with one attached hydrogen (secondary N) is 2. The van der Waals surface area contributed by atoms with Gasteiger partial charge in [-0.1, -0.05) is 89.4 Å². The highest BCUT2D eigenvalue weighted by Crippen LogP contribution is 2.35. The molecule has 0 saturated heterocycles. The number of benzene rings is 8. The number of hydrogen-bond acceptors (Lipinski definition) is 10. The van der Waals surface area contributed by atoms with Crippen molar-refractivity contribution < 1.29 is 29.0 Å². The highest BCUT2D eigenvalue weighted by molar-refractivity contribution is 7.17. The molecule has 77 heavy (non-hydrogen) atoms. The molecule has 0 fully saturated rings. The van der Waals surface area contributed by atoms with Crippen molar-refractivity contribution in [3.05, 3.63) is 218 Å². The molecular formula is C63H54Cl3N3O6S2. The van der Waals surface area contributed by atoms with Gasteiger partial charge in [0.15, 0.2) is 0 Å². The van der Waals surface area contributed by atoms with Crippen LogP contribution in [0.4, 0.5) is 28.4 Å². The molecule has 0 saturated carbocycles. The van der Waals surface area contributed by atoms with E-state index in [2.05, 4.69) is 34.2 Å². The Hall–Kier alpha value is -7.64. The fourth-order valence-electron chi connectivity index (χ4n) is 8.02. The van der Waals surface area contributed by atoms with Gasteiger partial charge in [-0.25, -0.2) is 14.4 Å². The lowest BCUT2D eigenvalue weighted by atomic mass is 10.0.